The highest BCUT2D eigenvalue weighted by atomic mass is 35.5. The molecular formula is C15H11ClN2O3. The maximum atomic E-state index is 10.9. The van der Waals surface area contributed by atoms with E-state index < -0.39 is 5.76 Å². The molecule has 0 radical (unpaired) electrons. The molecular weight excluding hydrogens is 292 g/mol. The van der Waals surface area contributed by atoms with Gasteiger partial charge in [0.25, 0.3) is 0 Å². The number of aromatic nitrogens is 2. The third kappa shape index (κ3) is 3.32. The van der Waals surface area contributed by atoms with Crippen molar-refractivity contribution in [1.82, 2.24) is 10.2 Å². The lowest BCUT2D eigenvalue weighted by Gasteiger charge is -2.09. The average Bonchev–Trinajstić information content (AvgIpc) is 2.89. The van der Waals surface area contributed by atoms with Crippen molar-refractivity contribution in [3.8, 4) is 11.5 Å². The van der Waals surface area contributed by atoms with E-state index in [1.807, 2.05) is 36.4 Å². The van der Waals surface area contributed by atoms with E-state index in [1.165, 1.54) is 0 Å². The highest BCUT2D eigenvalue weighted by Gasteiger charge is 2.08. The first kappa shape index (κ1) is 13.5. The van der Waals surface area contributed by atoms with Crippen LogP contribution in [0.4, 0.5) is 0 Å². The summed E-state index contributed by atoms with van der Waals surface area (Å²) >= 11 is 6.13. The molecule has 3 rings (SSSR count). The van der Waals surface area contributed by atoms with E-state index in [0.29, 0.717) is 28.8 Å². The number of nitrogens with one attached hydrogen (secondary N) is 1. The Morgan fingerprint density at radius 1 is 1.19 bits per heavy atom. The van der Waals surface area contributed by atoms with Crippen molar-refractivity contribution in [3.05, 3.63) is 75.6 Å². The molecule has 0 unspecified atom stereocenters. The number of aromatic amines is 1. The highest BCUT2D eigenvalue weighted by Crippen LogP contribution is 2.30. The number of rotatable bonds is 4. The minimum atomic E-state index is -0.570. The SMILES string of the molecule is O=c1[nH]nc(Cc2ccc(Cl)c(Oc3ccccc3)c2)o1. The maximum absolute atomic E-state index is 10.9. The zero-order valence-electron chi connectivity index (χ0n) is 10.9. The fraction of sp³-hybridized carbons (Fsp3) is 0.0667. The second kappa shape index (κ2) is 5.85. The van der Waals surface area contributed by atoms with Crippen molar-refractivity contribution in [2.24, 2.45) is 0 Å². The second-order valence-electron chi connectivity index (χ2n) is 4.36. The van der Waals surface area contributed by atoms with Crippen LogP contribution in [0.2, 0.25) is 5.02 Å². The van der Waals surface area contributed by atoms with Crippen LogP contribution < -0.4 is 10.5 Å². The van der Waals surface area contributed by atoms with Crippen molar-refractivity contribution < 1.29 is 9.15 Å². The molecule has 6 heteroatoms. The summed E-state index contributed by atoms with van der Waals surface area (Å²) in [5, 5.41) is 6.50. The van der Waals surface area contributed by atoms with Gasteiger partial charge in [-0.1, -0.05) is 35.9 Å². The van der Waals surface area contributed by atoms with E-state index in [-0.39, 0.29) is 0 Å². The van der Waals surface area contributed by atoms with Gasteiger partial charge in [-0.15, -0.1) is 5.10 Å². The second-order valence-corrected chi connectivity index (χ2v) is 4.77. The first-order chi connectivity index (χ1) is 10.2. The summed E-state index contributed by atoms with van der Waals surface area (Å²) in [5.74, 6) is 0.980. The van der Waals surface area contributed by atoms with Gasteiger partial charge in [-0.3, -0.25) is 0 Å². The Balaban J connectivity index is 1.84. The van der Waals surface area contributed by atoms with Gasteiger partial charge < -0.3 is 9.15 Å². The van der Waals surface area contributed by atoms with Crippen LogP contribution in [0.25, 0.3) is 0 Å². The Kier molecular flexibility index (Phi) is 3.75. The van der Waals surface area contributed by atoms with Gasteiger partial charge >= 0.3 is 5.76 Å². The fourth-order valence-electron chi connectivity index (χ4n) is 1.86. The highest BCUT2D eigenvalue weighted by molar-refractivity contribution is 6.32. The lowest BCUT2D eigenvalue weighted by Crippen LogP contribution is -1.94. The number of H-pyrrole nitrogens is 1. The minimum absolute atomic E-state index is 0.313. The quantitative estimate of drug-likeness (QED) is 0.802. The molecule has 0 aliphatic heterocycles. The Morgan fingerprint density at radius 2 is 2.00 bits per heavy atom. The maximum Gasteiger partial charge on any atom is 0.434 e. The predicted octanol–water partition coefficient (Wildman–Crippen LogP) is 3.40. The van der Waals surface area contributed by atoms with Crippen molar-refractivity contribution in [1.29, 1.82) is 0 Å². The third-order valence-corrected chi connectivity index (χ3v) is 3.12. The van der Waals surface area contributed by atoms with E-state index in [9.17, 15) is 4.79 Å². The molecule has 0 atom stereocenters. The summed E-state index contributed by atoms with van der Waals surface area (Å²) in [4.78, 5) is 10.9. The van der Waals surface area contributed by atoms with Crippen molar-refractivity contribution >= 4 is 11.6 Å². The molecule has 0 saturated heterocycles. The Morgan fingerprint density at radius 3 is 2.71 bits per heavy atom. The number of benzene rings is 2. The summed E-state index contributed by atoms with van der Waals surface area (Å²) in [5.41, 5.74) is 0.876. The van der Waals surface area contributed by atoms with Gasteiger partial charge in [-0.05, 0) is 29.8 Å². The monoisotopic (exact) mass is 302 g/mol. The van der Waals surface area contributed by atoms with Crippen LogP contribution in [0.1, 0.15) is 11.5 Å². The van der Waals surface area contributed by atoms with Crippen molar-refractivity contribution in [3.63, 3.8) is 0 Å². The van der Waals surface area contributed by atoms with E-state index >= 15 is 0 Å². The molecule has 5 nitrogen and oxygen atoms in total. The lowest BCUT2D eigenvalue weighted by molar-refractivity contribution is 0.469. The number of ether oxygens (including phenoxy) is 1. The molecule has 0 fully saturated rings. The summed E-state index contributed by atoms with van der Waals surface area (Å²) in [6.45, 7) is 0. The van der Waals surface area contributed by atoms with Crippen LogP contribution in [0.3, 0.4) is 0 Å². The van der Waals surface area contributed by atoms with Crippen LogP contribution in [-0.2, 0) is 6.42 Å². The summed E-state index contributed by atoms with van der Waals surface area (Å²) in [6.07, 6.45) is 0.376. The number of nitrogens with zero attached hydrogens (tertiary/aromatic N) is 1. The fourth-order valence-corrected chi connectivity index (χ4v) is 2.02. The zero-order chi connectivity index (χ0) is 14.7. The molecule has 0 bridgehead atoms. The molecule has 0 aliphatic rings. The summed E-state index contributed by atoms with van der Waals surface area (Å²) in [6, 6.07) is 14.7. The van der Waals surface area contributed by atoms with Gasteiger partial charge in [0.15, 0.2) is 0 Å². The largest absolute Gasteiger partial charge is 0.456 e. The molecule has 1 aromatic heterocycles. The molecule has 1 N–H and O–H groups in total. The van der Waals surface area contributed by atoms with Crippen molar-refractivity contribution in [2.75, 3.05) is 0 Å². The molecule has 0 saturated carbocycles. The Hall–Kier alpha value is -2.53. The van der Waals surface area contributed by atoms with Gasteiger partial charge in [-0.2, -0.15) is 0 Å². The van der Waals surface area contributed by atoms with E-state index in [4.69, 9.17) is 20.8 Å². The van der Waals surface area contributed by atoms with Gasteiger partial charge in [0.1, 0.15) is 11.5 Å². The number of hydrogen-bond acceptors (Lipinski definition) is 4. The van der Waals surface area contributed by atoms with Gasteiger partial charge in [0.05, 0.1) is 11.4 Å². The first-order valence-corrected chi connectivity index (χ1v) is 6.64. The topological polar surface area (TPSA) is 68.1 Å². The molecule has 2 aromatic carbocycles. The zero-order valence-corrected chi connectivity index (χ0v) is 11.6. The molecule has 0 aliphatic carbocycles. The standard InChI is InChI=1S/C15H11ClN2O3/c16-12-7-6-10(9-14-17-18-15(19)21-14)8-13(12)20-11-4-2-1-3-5-11/h1-8H,9H2,(H,18,19). The summed E-state index contributed by atoms with van der Waals surface area (Å²) < 4.78 is 10.6. The van der Waals surface area contributed by atoms with E-state index in [2.05, 4.69) is 10.2 Å². The van der Waals surface area contributed by atoms with Gasteiger partial charge in [0, 0.05) is 0 Å². The Labute approximate surface area is 125 Å². The molecule has 21 heavy (non-hydrogen) atoms. The molecule has 0 amide bonds. The van der Waals surface area contributed by atoms with Crippen LogP contribution in [0.15, 0.2) is 57.7 Å². The summed E-state index contributed by atoms with van der Waals surface area (Å²) in [7, 11) is 0. The first-order valence-electron chi connectivity index (χ1n) is 6.26. The average molecular weight is 303 g/mol. The third-order valence-electron chi connectivity index (χ3n) is 2.80. The normalized spacial score (nSPS) is 10.5. The number of para-hydroxylation sites is 1. The predicted molar refractivity (Wildman–Crippen MR) is 77.9 cm³/mol. The molecule has 1 heterocycles. The van der Waals surface area contributed by atoms with Gasteiger partial charge in [0.2, 0.25) is 5.89 Å². The van der Waals surface area contributed by atoms with E-state index in [0.717, 1.165) is 5.56 Å². The smallest absolute Gasteiger partial charge is 0.434 e. The van der Waals surface area contributed by atoms with Crippen molar-refractivity contribution in [2.45, 2.75) is 6.42 Å². The molecule has 0 spiro atoms. The number of halogens is 1. The molecule has 3 aromatic rings. The van der Waals surface area contributed by atoms with Crippen LogP contribution in [0, 0.1) is 0 Å². The van der Waals surface area contributed by atoms with E-state index in [1.54, 1.807) is 12.1 Å². The molecule has 106 valence electrons. The van der Waals surface area contributed by atoms with Crippen LogP contribution in [0.5, 0.6) is 11.5 Å². The minimum Gasteiger partial charge on any atom is -0.456 e. The number of hydrogen-bond donors (Lipinski definition) is 1. The lowest BCUT2D eigenvalue weighted by atomic mass is 10.1. The van der Waals surface area contributed by atoms with Crippen LogP contribution >= 0.6 is 11.6 Å². The van der Waals surface area contributed by atoms with Crippen LogP contribution in [-0.4, -0.2) is 10.2 Å². The Bertz CT molecular complexity index is 796. The van der Waals surface area contributed by atoms with Gasteiger partial charge in [-0.25, -0.2) is 9.89 Å².